The highest BCUT2D eigenvalue weighted by Crippen LogP contribution is 2.13. The molecule has 0 radical (unpaired) electrons. The zero-order chi connectivity index (χ0) is 18.3. The van der Waals surface area contributed by atoms with E-state index in [1.54, 1.807) is 0 Å². The Morgan fingerprint density at radius 2 is 1.88 bits per heavy atom. The smallest absolute Gasteiger partial charge is 0.320 e. The Hall–Kier alpha value is -1.43. The highest BCUT2D eigenvalue weighted by Gasteiger charge is 2.24. The van der Waals surface area contributed by atoms with Crippen LogP contribution in [0, 0.1) is 0 Å². The van der Waals surface area contributed by atoms with E-state index < -0.39 is 5.60 Å². The number of carbonyl (C=O) groups excluding carboxylic acids is 1. The molecule has 1 aromatic carbocycles. The third-order valence-corrected chi connectivity index (χ3v) is 4.23. The zero-order valence-electron chi connectivity index (χ0n) is 16.0. The van der Waals surface area contributed by atoms with Crippen molar-refractivity contribution >= 4 is 5.97 Å². The maximum atomic E-state index is 12.4. The maximum absolute atomic E-state index is 12.4. The number of nitrogens with zero attached hydrogens (tertiary/aromatic N) is 2. The number of esters is 1. The molecule has 0 N–H and O–H groups in total. The number of hydrogen-bond donors (Lipinski definition) is 0. The second-order valence-electron chi connectivity index (χ2n) is 7.74. The van der Waals surface area contributed by atoms with Crippen LogP contribution < -0.4 is 0 Å². The number of ether oxygens (including phenoxy) is 2. The van der Waals surface area contributed by atoms with Crippen LogP contribution in [0.3, 0.4) is 0 Å². The lowest BCUT2D eigenvalue weighted by molar-refractivity contribution is -0.157. The summed E-state index contributed by atoms with van der Waals surface area (Å²) in [6.45, 7) is 13.4. The van der Waals surface area contributed by atoms with Gasteiger partial charge in [0.2, 0.25) is 0 Å². The van der Waals surface area contributed by atoms with Crippen LogP contribution in [0.4, 0.5) is 0 Å². The summed E-state index contributed by atoms with van der Waals surface area (Å²) in [6, 6.07) is 10.5. The molecule has 2 rings (SSSR count). The Morgan fingerprint density at radius 1 is 1.24 bits per heavy atom. The van der Waals surface area contributed by atoms with E-state index in [4.69, 9.17) is 9.47 Å². The van der Waals surface area contributed by atoms with Crippen molar-refractivity contribution in [3.63, 3.8) is 0 Å². The molecule has 1 unspecified atom stereocenters. The van der Waals surface area contributed by atoms with Gasteiger partial charge in [0.15, 0.2) is 0 Å². The molecule has 1 aliphatic heterocycles. The fourth-order valence-electron chi connectivity index (χ4n) is 3.00. The molecule has 1 fully saturated rings. The minimum absolute atomic E-state index is 0.169. The van der Waals surface area contributed by atoms with Gasteiger partial charge in [-0.1, -0.05) is 30.3 Å². The van der Waals surface area contributed by atoms with Gasteiger partial charge < -0.3 is 9.47 Å². The molecule has 0 aromatic heterocycles. The molecular formula is C20H32N2O3. The average molecular weight is 348 g/mol. The van der Waals surface area contributed by atoms with E-state index in [2.05, 4.69) is 28.9 Å². The summed E-state index contributed by atoms with van der Waals surface area (Å²) in [7, 11) is 0. The normalized spacial score (nSPS) is 17.5. The van der Waals surface area contributed by atoms with E-state index in [0.717, 1.165) is 39.4 Å². The highest BCUT2D eigenvalue weighted by molar-refractivity contribution is 5.72. The molecule has 5 heteroatoms. The Morgan fingerprint density at radius 3 is 2.48 bits per heavy atom. The van der Waals surface area contributed by atoms with Gasteiger partial charge in [0.1, 0.15) is 5.60 Å². The molecular weight excluding hydrogens is 316 g/mol. The van der Waals surface area contributed by atoms with Crippen molar-refractivity contribution in [1.82, 2.24) is 9.80 Å². The predicted octanol–water partition coefficient (Wildman–Crippen LogP) is 2.55. The Bertz CT molecular complexity index is 521. The van der Waals surface area contributed by atoms with Gasteiger partial charge >= 0.3 is 5.97 Å². The van der Waals surface area contributed by atoms with E-state index in [1.165, 1.54) is 5.56 Å². The third kappa shape index (κ3) is 7.55. The lowest BCUT2D eigenvalue weighted by atomic mass is 10.1. The first-order chi connectivity index (χ1) is 11.8. The Labute approximate surface area is 151 Å². The molecule has 1 aromatic rings. The van der Waals surface area contributed by atoms with Crippen LogP contribution in [0.2, 0.25) is 0 Å². The van der Waals surface area contributed by atoms with Gasteiger partial charge in [-0.15, -0.1) is 0 Å². The summed E-state index contributed by atoms with van der Waals surface area (Å²) >= 11 is 0. The minimum Gasteiger partial charge on any atom is -0.459 e. The summed E-state index contributed by atoms with van der Waals surface area (Å²) in [5.41, 5.74) is 0.753. The topological polar surface area (TPSA) is 42.0 Å². The third-order valence-electron chi connectivity index (χ3n) is 4.23. The lowest BCUT2D eigenvalue weighted by Gasteiger charge is -2.35. The van der Waals surface area contributed by atoms with E-state index in [1.807, 2.05) is 39.0 Å². The van der Waals surface area contributed by atoms with Crippen molar-refractivity contribution in [1.29, 1.82) is 0 Å². The summed E-state index contributed by atoms with van der Waals surface area (Å²) in [5, 5.41) is 0. The van der Waals surface area contributed by atoms with Gasteiger partial charge in [-0.05, 0) is 33.3 Å². The average Bonchev–Trinajstić information content (AvgIpc) is 2.54. The van der Waals surface area contributed by atoms with Gasteiger partial charge in [-0.2, -0.15) is 0 Å². The van der Waals surface area contributed by atoms with Crippen LogP contribution in [0.1, 0.15) is 33.3 Å². The van der Waals surface area contributed by atoms with Crippen molar-refractivity contribution in [3.8, 4) is 0 Å². The van der Waals surface area contributed by atoms with Crippen molar-refractivity contribution in [3.05, 3.63) is 35.9 Å². The van der Waals surface area contributed by atoms with Crippen molar-refractivity contribution in [2.75, 3.05) is 39.4 Å². The van der Waals surface area contributed by atoms with Gasteiger partial charge in [-0.3, -0.25) is 14.6 Å². The van der Waals surface area contributed by atoms with Crippen molar-refractivity contribution < 1.29 is 14.3 Å². The van der Waals surface area contributed by atoms with E-state index in [-0.39, 0.29) is 12.0 Å². The summed E-state index contributed by atoms with van der Waals surface area (Å²) < 4.78 is 11.0. The SMILES string of the molecule is CC(CN1CCOCC1)N(CC(=O)OC(C)(C)C)Cc1ccccc1. The Kier molecular flexibility index (Phi) is 7.41. The van der Waals surface area contributed by atoms with Crippen LogP contribution in [-0.4, -0.2) is 66.8 Å². The number of benzene rings is 1. The molecule has 0 aliphatic carbocycles. The summed E-state index contributed by atoms with van der Waals surface area (Å²) in [4.78, 5) is 17.0. The van der Waals surface area contributed by atoms with Crippen LogP contribution >= 0.6 is 0 Å². The summed E-state index contributed by atoms with van der Waals surface area (Å²) in [6.07, 6.45) is 0. The molecule has 1 aliphatic rings. The molecule has 5 nitrogen and oxygen atoms in total. The fourth-order valence-corrected chi connectivity index (χ4v) is 3.00. The monoisotopic (exact) mass is 348 g/mol. The molecule has 0 bridgehead atoms. The number of hydrogen-bond acceptors (Lipinski definition) is 5. The fraction of sp³-hybridized carbons (Fsp3) is 0.650. The maximum Gasteiger partial charge on any atom is 0.320 e. The van der Waals surface area contributed by atoms with Gasteiger partial charge in [0.25, 0.3) is 0 Å². The molecule has 1 heterocycles. The quantitative estimate of drug-likeness (QED) is 0.709. The van der Waals surface area contributed by atoms with E-state index in [0.29, 0.717) is 6.54 Å². The molecule has 25 heavy (non-hydrogen) atoms. The molecule has 0 saturated carbocycles. The minimum atomic E-state index is -0.455. The second kappa shape index (κ2) is 9.32. The standard InChI is InChI=1S/C20H32N2O3/c1-17(14-21-10-12-24-13-11-21)22(15-18-8-6-5-7-9-18)16-19(23)25-20(2,3)4/h5-9,17H,10-16H2,1-4H3. The molecule has 1 atom stereocenters. The van der Waals surface area contributed by atoms with Crippen LogP contribution in [0.5, 0.6) is 0 Å². The van der Waals surface area contributed by atoms with E-state index in [9.17, 15) is 4.79 Å². The van der Waals surface area contributed by atoms with Crippen LogP contribution in [-0.2, 0) is 20.8 Å². The number of rotatable bonds is 7. The predicted molar refractivity (Wildman–Crippen MR) is 99.4 cm³/mol. The largest absolute Gasteiger partial charge is 0.459 e. The summed E-state index contributed by atoms with van der Waals surface area (Å²) in [5.74, 6) is -0.169. The van der Waals surface area contributed by atoms with Gasteiger partial charge in [0, 0.05) is 32.2 Å². The second-order valence-corrected chi connectivity index (χ2v) is 7.74. The number of morpholine rings is 1. The van der Waals surface area contributed by atoms with Gasteiger partial charge in [-0.25, -0.2) is 0 Å². The molecule has 140 valence electrons. The first-order valence-electron chi connectivity index (χ1n) is 9.13. The van der Waals surface area contributed by atoms with Crippen LogP contribution in [0.25, 0.3) is 0 Å². The molecule has 0 amide bonds. The van der Waals surface area contributed by atoms with E-state index >= 15 is 0 Å². The number of carbonyl (C=O) groups is 1. The Balaban J connectivity index is 2.00. The zero-order valence-corrected chi connectivity index (χ0v) is 16.0. The molecule has 1 saturated heterocycles. The lowest BCUT2D eigenvalue weighted by Crippen LogP contribution is -2.47. The molecule has 0 spiro atoms. The first kappa shape index (κ1) is 19.9. The van der Waals surface area contributed by atoms with Gasteiger partial charge in [0.05, 0.1) is 19.8 Å². The first-order valence-corrected chi connectivity index (χ1v) is 9.13. The van der Waals surface area contributed by atoms with Crippen molar-refractivity contribution in [2.24, 2.45) is 0 Å². The van der Waals surface area contributed by atoms with Crippen LogP contribution in [0.15, 0.2) is 30.3 Å². The highest BCUT2D eigenvalue weighted by atomic mass is 16.6. The van der Waals surface area contributed by atoms with Crippen molar-refractivity contribution in [2.45, 2.75) is 45.9 Å².